The maximum Gasteiger partial charge on any atom is 0.244 e. The molecule has 39 heavy (non-hydrogen) atoms. The number of halogens is 2. The van der Waals surface area contributed by atoms with Gasteiger partial charge in [0.2, 0.25) is 21.8 Å². The molecule has 0 spiro atoms. The van der Waals surface area contributed by atoms with Gasteiger partial charge in [-0.05, 0) is 41.3 Å². The van der Waals surface area contributed by atoms with Gasteiger partial charge in [0, 0.05) is 24.0 Å². The SMILES string of the molecule is CC(C)CNC(=O)[C@H](Cc1ccccc1)N(Cc1ccc(Br)cc1)C(=O)CN(c1ccccc1F)S(C)(=O)=O. The number of amides is 2. The van der Waals surface area contributed by atoms with Crippen LogP contribution in [0, 0.1) is 11.7 Å². The van der Waals surface area contributed by atoms with Gasteiger partial charge in [0.05, 0.1) is 11.9 Å². The van der Waals surface area contributed by atoms with Crippen LogP contribution in [-0.2, 0) is 32.6 Å². The summed E-state index contributed by atoms with van der Waals surface area (Å²) in [6.07, 6.45) is 1.13. The summed E-state index contributed by atoms with van der Waals surface area (Å²) >= 11 is 3.40. The van der Waals surface area contributed by atoms with E-state index >= 15 is 0 Å². The van der Waals surface area contributed by atoms with E-state index < -0.39 is 34.3 Å². The summed E-state index contributed by atoms with van der Waals surface area (Å²) in [4.78, 5) is 28.9. The first-order chi connectivity index (χ1) is 18.5. The molecular formula is C29H33BrFN3O4S. The second-order valence-electron chi connectivity index (χ2n) is 9.71. The largest absolute Gasteiger partial charge is 0.354 e. The molecule has 2 amide bonds. The van der Waals surface area contributed by atoms with Gasteiger partial charge in [-0.25, -0.2) is 12.8 Å². The van der Waals surface area contributed by atoms with Crippen molar-refractivity contribution in [3.63, 3.8) is 0 Å². The third-order valence-electron chi connectivity index (χ3n) is 6.02. The molecule has 3 aromatic carbocycles. The number of rotatable bonds is 12. The summed E-state index contributed by atoms with van der Waals surface area (Å²) in [6, 6.07) is 21.0. The quantitative estimate of drug-likeness (QED) is 0.317. The Morgan fingerprint density at radius 3 is 2.13 bits per heavy atom. The number of hydrogen-bond donors (Lipinski definition) is 1. The van der Waals surface area contributed by atoms with E-state index in [-0.39, 0.29) is 30.5 Å². The second-order valence-corrected chi connectivity index (χ2v) is 12.5. The smallest absolute Gasteiger partial charge is 0.244 e. The minimum Gasteiger partial charge on any atom is -0.354 e. The zero-order chi connectivity index (χ0) is 28.6. The number of sulfonamides is 1. The first-order valence-corrected chi connectivity index (χ1v) is 15.2. The summed E-state index contributed by atoms with van der Waals surface area (Å²) in [5, 5.41) is 2.92. The maximum absolute atomic E-state index is 14.7. The van der Waals surface area contributed by atoms with Crippen LogP contribution in [0.5, 0.6) is 0 Å². The number of anilines is 1. The highest BCUT2D eigenvalue weighted by atomic mass is 79.9. The van der Waals surface area contributed by atoms with E-state index in [9.17, 15) is 22.4 Å². The van der Waals surface area contributed by atoms with Crippen molar-refractivity contribution in [2.24, 2.45) is 5.92 Å². The summed E-state index contributed by atoms with van der Waals surface area (Å²) in [6.45, 7) is 3.73. The lowest BCUT2D eigenvalue weighted by molar-refractivity contribution is -0.140. The molecule has 0 fully saturated rings. The van der Waals surface area contributed by atoms with Crippen molar-refractivity contribution in [3.8, 4) is 0 Å². The fourth-order valence-electron chi connectivity index (χ4n) is 4.01. The molecule has 3 aromatic rings. The van der Waals surface area contributed by atoms with Gasteiger partial charge in [-0.1, -0.05) is 84.4 Å². The number of nitrogens with zero attached hydrogens (tertiary/aromatic N) is 2. The van der Waals surface area contributed by atoms with Gasteiger partial charge in [0.25, 0.3) is 0 Å². The lowest BCUT2D eigenvalue weighted by atomic mass is 10.0. The normalized spacial score (nSPS) is 12.2. The average molecular weight is 619 g/mol. The van der Waals surface area contributed by atoms with Crippen LogP contribution in [0.3, 0.4) is 0 Å². The third-order valence-corrected chi connectivity index (χ3v) is 7.68. The highest BCUT2D eigenvalue weighted by Crippen LogP contribution is 2.23. The molecular weight excluding hydrogens is 585 g/mol. The Morgan fingerprint density at radius 1 is 0.923 bits per heavy atom. The predicted molar refractivity (Wildman–Crippen MR) is 155 cm³/mol. The predicted octanol–water partition coefficient (Wildman–Crippen LogP) is 4.77. The minimum atomic E-state index is -4.03. The van der Waals surface area contributed by atoms with E-state index in [1.165, 1.54) is 23.1 Å². The fraction of sp³-hybridized carbons (Fsp3) is 0.310. The molecule has 0 bridgehead atoms. The van der Waals surface area contributed by atoms with Crippen LogP contribution >= 0.6 is 15.9 Å². The molecule has 1 atom stereocenters. The summed E-state index contributed by atoms with van der Waals surface area (Å²) in [5.41, 5.74) is 1.35. The highest BCUT2D eigenvalue weighted by molar-refractivity contribution is 9.10. The lowest BCUT2D eigenvalue weighted by Crippen LogP contribution is -2.53. The second kappa shape index (κ2) is 13.7. The average Bonchev–Trinajstić information content (AvgIpc) is 2.89. The molecule has 0 heterocycles. The molecule has 0 aliphatic rings. The number of carbonyl (C=O) groups is 2. The van der Waals surface area contributed by atoms with Crippen molar-refractivity contribution < 1.29 is 22.4 Å². The maximum atomic E-state index is 14.7. The van der Waals surface area contributed by atoms with E-state index in [2.05, 4.69) is 21.2 Å². The number of hydrogen-bond acceptors (Lipinski definition) is 4. The topological polar surface area (TPSA) is 86.8 Å². The molecule has 0 radical (unpaired) electrons. The number of benzene rings is 3. The fourth-order valence-corrected chi connectivity index (χ4v) is 5.13. The van der Waals surface area contributed by atoms with Gasteiger partial charge in [-0.2, -0.15) is 0 Å². The van der Waals surface area contributed by atoms with Gasteiger partial charge in [0.1, 0.15) is 18.4 Å². The van der Waals surface area contributed by atoms with Crippen LogP contribution in [0.1, 0.15) is 25.0 Å². The van der Waals surface area contributed by atoms with Gasteiger partial charge in [0.15, 0.2) is 0 Å². The Morgan fingerprint density at radius 2 is 1.54 bits per heavy atom. The Labute approximate surface area is 238 Å². The molecule has 0 aliphatic carbocycles. The first kappa shape index (κ1) is 30.3. The Kier molecular flexibility index (Phi) is 10.7. The monoisotopic (exact) mass is 617 g/mol. The molecule has 1 N–H and O–H groups in total. The lowest BCUT2D eigenvalue weighted by Gasteiger charge is -2.33. The standard InChI is InChI=1S/C29H33BrFN3O4S/c1-21(2)18-32-29(36)27(17-22-9-5-4-6-10-22)33(19-23-13-15-24(30)16-14-23)28(35)20-34(39(3,37)38)26-12-8-7-11-25(26)31/h4-16,21,27H,17-20H2,1-3H3,(H,32,36)/t27-/m0/s1. The first-order valence-electron chi connectivity index (χ1n) is 12.5. The zero-order valence-corrected chi connectivity index (χ0v) is 24.6. The van der Waals surface area contributed by atoms with Crippen LogP contribution in [0.2, 0.25) is 0 Å². The van der Waals surface area contributed by atoms with Crippen LogP contribution in [0.4, 0.5) is 10.1 Å². The zero-order valence-electron chi connectivity index (χ0n) is 22.2. The van der Waals surface area contributed by atoms with E-state index in [0.29, 0.717) is 6.54 Å². The Bertz CT molecular complexity index is 1370. The molecule has 3 rings (SSSR count). The van der Waals surface area contributed by atoms with Crippen LogP contribution in [0.25, 0.3) is 0 Å². The van der Waals surface area contributed by atoms with Crippen molar-refractivity contribution in [1.82, 2.24) is 10.2 Å². The number of nitrogens with one attached hydrogen (secondary N) is 1. The van der Waals surface area contributed by atoms with Crippen LogP contribution in [-0.4, -0.2) is 50.5 Å². The third kappa shape index (κ3) is 8.90. The molecule has 0 unspecified atom stereocenters. The van der Waals surface area contributed by atoms with E-state index in [1.54, 1.807) is 0 Å². The van der Waals surface area contributed by atoms with Gasteiger partial charge >= 0.3 is 0 Å². The Balaban J connectivity index is 2.05. The van der Waals surface area contributed by atoms with Crippen molar-refractivity contribution in [2.75, 3.05) is 23.7 Å². The van der Waals surface area contributed by atoms with E-state index in [1.807, 2.05) is 68.4 Å². The van der Waals surface area contributed by atoms with Crippen LogP contribution < -0.4 is 9.62 Å². The highest BCUT2D eigenvalue weighted by Gasteiger charge is 2.33. The summed E-state index contributed by atoms with van der Waals surface area (Å²) < 4.78 is 41.7. The molecule has 0 aromatic heterocycles. The molecule has 208 valence electrons. The van der Waals surface area contributed by atoms with E-state index in [4.69, 9.17) is 0 Å². The number of carbonyl (C=O) groups excluding carboxylic acids is 2. The van der Waals surface area contributed by atoms with Gasteiger partial charge in [-0.3, -0.25) is 13.9 Å². The van der Waals surface area contributed by atoms with Crippen LogP contribution in [0.15, 0.2) is 83.3 Å². The molecule has 0 aliphatic heterocycles. The summed E-state index contributed by atoms with van der Waals surface area (Å²) in [5.74, 6) is -1.57. The molecule has 0 saturated carbocycles. The Hall–Kier alpha value is -3.24. The molecule has 7 nitrogen and oxygen atoms in total. The minimum absolute atomic E-state index is 0.0492. The van der Waals surface area contributed by atoms with Crippen molar-refractivity contribution in [2.45, 2.75) is 32.9 Å². The van der Waals surface area contributed by atoms with E-state index in [0.717, 1.165) is 32.2 Å². The van der Waals surface area contributed by atoms with Crippen molar-refractivity contribution in [1.29, 1.82) is 0 Å². The van der Waals surface area contributed by atoms with Crippen molar-refractivity contribution in [3.05, 3.63) is 100 Å². The number of para-hydroxylation sites is 1. The molecule has 10 heteroatoms. The van der Waals surface area contributed by atoms with Gasteiger partial charge < -0.3 is 10.2 Å². The van der Waals surface area contributed by atoms with Gasteiger partial charge in [-0.15, -0.1) is 0 Å². The molecule has 0 saturated heterocycles. The summed E-state index contributed by atoms with van der Waals surface area (Å²) in [7, 11) is -4.03. The van der Waals surface area contributed by atoms with Crippen molar-refractivity contribution >= 4 is 43.5 Å².